The Morgan fingerprint density at radius 3 is 2.70 bits per heavy atom. The lowest BCUT2D eigenvalue weighted by atomic mass is 9.95. The van der Waals surface area contributed by atoms with Crippen molar-refractivity contribution in [2.75, 3.05) is 27.2 Å². The number of hydrogen-bond acceptors (Lipinski definition) is 4. The van der Waals surface area contributed by atoms with Crippen LogP contribution in [0.2, 0.25) is 0 Å². The number of rotatable bonds is 7. The minimum atomic E-state index is -0.683. The molecule has 2 N–H and O–H groups in total. The molecule has 0 saturated heterocycles. The Labute approximate surface area is 127 Å². The van der Waals surface area contributed by atoms with Gasteiger partial charge in [0.05, 0.1) is 5.60 Å². The molecule has 0 aromatic carbocycles. The van der Waals surface area contributed by atoms with Crippen LogP contribution in [-0.4, -0.2) is 42.8 Å². The number of hydrogen-bond donors (Lipinski definition) is 2. The Bertz CT molecular complexity index is 383. The molecular weight excluding hydrogens is 268 g/mol. The molecule has 0 aliphatic heterocycles. The van der Waals surface area contributed by atoms with Crippen LogP contribution in [0.5, 0.6) is 0 Å². The maximum atomic E-state index is 10.5. The molecule has 0 spiro atoms. The quantitative estimate of drug-likeness (QED) is 0.812. The first-order valence-corrected chi connectivity index (χ1v) is 8.50. The summed E-state index contributed by atoms with van der Waals surface area (Å²) in [5, 5.41) is 16.3. The Morgan fingerprint density at radius 2 is 2.15 bits per heavy atom. The lowest BCUT2D eigenvalue weighted by Gasteiger charge is -2.31. The van der Waals surface area contributed by atoms with Crippen molar-refractivity contribution in [3.63, 3.8) is 0 Å². The van der Waals surface area contributed by atoms with Crippen LogP contribution in [0, 0.1) is 5.92 Å². The summed E-state index contributed by atoms with van der Waals surface area (Å²) >= 11 is 1.83. The summed E-state index contributed by atoms with van der Waals surface area (Å²) < 4.78 is 0. The van der Waals surface area contributed by atoms with E-state index < -0.39 is 5.60 Å². The second-order valence-electron chi connectivity index (χ2n) is 6.65. The monoisotopic (exact) mass is 296 g/mol. The van der Waals surface area contributed by atoms with Gasteiger partial charge in [-0.15, -0.1) is 11.3 Å². The van der Waals surface area contributed by atoms with Crippen molar-refractivity contribution in [1.29, 1.82) is 0 Å². The normalized spacial score (nSPS) is 21.2. The van der Waals surface area contributed by atoms with Crippen molar-refractivity contribution >= 4 is 11.3 Å². The average Bonchev–Trinajstić information content (AvgIpc) is 2.98. The Morgan fingerprint density at radius 1 is 1.45 bits per heavy atom. The zero-order valence-corrected chi connectivity index (χ0v) is 13.7. The van der Waals surface area contributed by atoms with Gasteiger partial charge in [0.2, 0.25) is 0 Å². The Kier molecular flexibility index (Phi) is 5.61. The molecule has 1 aliphatic carbocycles. The van der Waals surface area contributed by atoms with Crippen LogP contribution in [-0.2, 0) is 0 Å². The maximum Gasteiger partial charge on any atom is 0.0869 e. The zero-order chi connectivity index (χ0) is 14.6. The molecule has 3 nitrogen and oxygen atoms in total. The number of aliphatic hydroxyl groups is 1. The highest BCUT2D eigenvalue weighted by Crippen LogP contribution is 2.37. The standard InChI is InChI=1S/C16H28N2OS/c1-16(19,12-18(2)3)11-17-15(13-7-4-5-8-13)14-9-6-10-20-14/h6,9-10,13,15,17,19H,4-5,7-8,11-12H2,1-3H3. The molecule has 1 aromatic heterocycles. The molecule has 4 heteroatoms. The maximum absolute atomic E-state index is 10.5. The van der Waals surface area contributed by atoms with E-state index in [1.807, 2.05) is 37.3 Å². The third-order valence-corrected chi connectivity index (χ3v) is 5.04. The molecule has 1 saturated carbocycles. The topological polar surface area (TPSA) is 35.5 Å². The molecule has 1 aliphatic rings. The van der Waals surface area contributed by atoms with Gasteiger partial charge in [-0.25, -0.2) is 0 Å². The molecule has 0 amide bonds. The van der Waals surface area contributed by atoms with E-state index in [0.717, 1.165) is 5.92 Å². The number of thiophene rings is 1. The Balaban J connectivity index is 1.98. The fourth-order valence-electron chi connectivity index (χ4n) is 3.33. The number of nitrogens with one attached hydrogen (secondary N) is 1. The second-order valence-corrected chi connectivity index (χ2v) is 7.63. The highest BCUT2D eigenvalue weighted by atomic mass is 32.1. The number of nitrogens with zero attached hydrogens (tertiary/aromatic N) is 1. The van der Waals surface area contributed by atoms with E-state index in [9.17, 15) is 5.11 Å². The minimum Gasteiger partial charge on any atom is -0.388 e. The smallest absolute Gasteiger partial charge is 0.0869 e. The largest absolute Gasteiger partial charge is 0.388 e. The highest BCUT2D eigenvalue weighted by molar-refractivity contribution is 7.10. The first-order valence-electron chi connectivity index (χ1n) is 7.62. The van der Waals surface area contributed by atoms with Crippen LogP contribution < -0.4 is 5.32 Å². The van der Waals surface area contributed by atoms with Gasteiger partial charge in [-0.1, -0.05) is 18.9 Å². The van der Waals surface area contributed by atoms with Gasteiger partial charge in [0.1, 0.15) is 0 Å². The first kappa shape index (κ1) is 16.0. The summed E-state index contributed by atoms with van der Waals surface area (Å²) in [7, 11) is 4.00. The van der Waals surface area contributed by atoms with E-state index in [1.165, 1.54) is 30.6 Å². The van der Waals surface area contributed by atoms with Crippen LogP contribution in [0.1, 0.15) is 43.5 Å². The third kappa shape index (κ3) is 4.55. The third-order valence-electron chi connectivity index (χ3n) is 4.08. The van der Waals surface area contributed by atoms with Gasteiger partial charge in [-0.3, -0.25) is 0 Å². The van der Waals surface area contributed by atoms with Crippen LogP contribution in [0.3, 0.4) is 0 Å². The fraction of sp³-hybridized carbons (Fsp3) is 0.750. The van der Waals surface area contributed by atoms with Gasteiger partial charge >= 0.3 is 0 Å². The van der Waals surface area contributed by atoms with Crippen LogP contribution >= 0.6 is 11.3 Å². The van der Waals surface area contributed by atoms with Crippen molar-refractivity contribution in [1.82, 2.24) is 10.2 Å². The number of likely N-dealkylation sites (N-methyl/N-ethyl adjacent to an activating group) is 1. The lowest BCUT2D eigenvalue weighted by Crippen LogP contribution is -2.47. The summed E-state index contributed by atoms with van der Waals surface area (Å²) in [5.74, 6) is 0.726. The summed E-state index contributed by atoms with van der Waals surface area (Å²) in [6, 6.07) is 4.76. The van der Waals surface area contributed by atoms with E-state index in [0.29, 0.717) is 19.1 Å². The molecule has 20 heavy (non-hydrogen) atoms. The average molecular weight is 296 g/mol. The van der Waals surface area contributed by atoms with Crippen molar-refractivity contribution in [2.24, 2.45) is 5.92 Å². The van der Waals surface area contributed by atoms with Gasteiger partial charge in [0, 0.05) is 24.0 Å². The van der Waals surface area contributed by atoms with E-state index in [-0.39, 0.29) is 0 Å². The second kappa shape index (κ2) is 7.03. The predicted octanol–water partition coefficient (Wildman–Crippen LogP) is 2.88. The van der Waals surface area contributed by atoms with Crippen molar-refractivity contribution in [3.8, 4) is 0 Å². The molecule has 2 rings (SSSR count). The van der Waals surface area contributed by atoms with Gasteiger partial charge in [-0.2, -0.15) is 0 Å². The summed E-state index contributed by atoms with van der Waals surface area (Å²) in [5.41, 5.74) is -0.683. The Hall–Kier alpha value is -0.420. The van der Waals surface area contributed by atoms with Crippen LogP contribution in [0.15, 0.2) is 17.5 Å². The SMILES string of the molecule is CN(C)CC(C)(O)CNC(c1cccs1)C1CCCC1. The van der Waals surface area contributed by atoms with E-state index >= 15 is 0 Å². The van der Waals surface area contributed by atoms with E-state index in [2.05, 4.69) is 22.8 Å². The molecule has 114 valence electrons. The zero-order valence-electron chi connectivity index (χ0n) is 12.9. The lowest BCUT2D eigenvalue weighted by molar-refractivity contribution is 0.0295. The molecule has 1 fully saturated rings. The minimum absolute atomic E-state index is 0.408. The van der Waals surface area contributed by atoms with Gasteiger partial charge < -0.3 is 15.3 Å². The molecule has 0 radical (unpaired) electrons. The van der Waals surface area contributed by atoms with E-state index in [1.54, 1.807) is 0 Å². The fourth-order valence-corrected chi connectivity index (χ4v) is 4.22. The van der Waals surface area contributed by atoms with Gasteiger partial charge in [0.15, 0.2) is 0 Å². The molecular formula is C16H28N2OS. The first-order chi connectivity index (χ1) is 9.48. The molecule has 0 bridgehead atoms. The van der Waals surface area contributed by atoms with Gasteiger partial charge in [0.25, 0.3) is 0 Å². The summed E-state index contributed by atoms with van der Waals surface area (Å²) in [4.78, 5) is 3.45. The molecule has 1 heterocycles. The van der Waals surface area contributed by atoms with E-state index in [4.69, 9.17) is 0 Å². The van der Waals surface area contributed by atoms with Gasteiger partial charge in [-0.05, 0) is 51.2 Å². The summed E-state index contributed by atoms with van der Waals surface area (Å²) in [6.07, 6.45) is 5.32. The molecule has 2 unspecified atom stereocenters. The summed E-state index contributed by atoms with van der Waals surface area (Å²) in [6.45, 7) is 3.24. The van der Waals surface area contributed by atoms with Crippen molar-refractivity contribution in [2.45, 2.75) is 44.2 Å². The van der Waals surface area contributed by atoms with Crippen LogP contribution in [0.25, 0.3) is 0 Å². The highest BCUT2D eigenvalue weighted by Gasteiger charge is 2.29. The molecule has 1 aromatic rings. The van der Waals surface area contributed by atoms with Crippen molar-refractivity contribution in [3.05, 3.63) is 22.4 Å². The predicted molar refractivity (Wildman–Crippen MR) is 86.2 cm³/mol. The van der Waals surface area contributed by atoms with Crippen LogP contribution in [0.4, 0.5) is 0 Å². The van der Waals surface area contributed by atoms with Crippen molar-refractivity contribution < 1.29 is 5.11 Å². The molecule has 2 atom stereocenters.